The standard InChI is InChI=1S/C22H36N4S/c1-21(2)14-18(15-22(3,4)25-21)24-20(27)26(19-11-6-5-7-12-19)16-17-10-8-9-13-23-17/h8-10,13,18-19,25H,5-7,11-12,14-16H2,1-4H3,(H,24,27). The van der Waals surface area contributed by atoms with E-state index in [1.807, 2.05) is 12.3 Å². The molecule has 0 aromatic carbocycles. The van der Waals surface area contributed by atoms with Gasteiger partial charge in [-0.2, -0.15) is 0 Å². The minimum absolute atomic E-state index is 0.117. The predicted molar refractivity (Wildman–Crippen MR) is 117 cm³/mol. The van der Waals surface area contributed by atoms with E-state index in [9.17, 15) is 0 Å². The molecule has 1 aliphatic heterocycles. The molecule has 0 atom stereocenters. The molecule has 1 aromatic rings. The summed E-state index contributed by atoms with van der Waals surface area (Å²) in [4.78, 5) is 6.97. The van der Waals surface area contributed by atoms with Crippen LogP contribution in [0.25, 0.3) is 0 Å². The Hall–Kier alpha value is -1.20. The van der Waals surface area contributed by atoms with Crippen LogP contribution in [-0.4, -0.2) is 38.2 Å². The quantitative estimate of drug-likeness (QED) is 0.748. The van der Waals surface area contributed by atoms with Crippen LogP contribution in [0.2, 0.25) is 0 Å². The molecule has 1 saturated carbocycles. The van der Waals surface area contributed by atoms with Crippen molar-refractivity contribution >= 4 is 17.3 Å². The highest BCUT2D eigenvalue weighted by molar-refractivity contribution is 7.80. The zero-order chi connectivity index (χ0) is 19.5. The van der Waals surface area contributed by atoms with Crippen LogP contribution in [0.4, 0.5) is 0 Å². The fourth-order valence-electron chi connectivity index (χ4n) is 5.11. The third-order valence-corrected chi connectivity index (χ3v) is 6.20. The molecular weight excluding hydrogens is 352 g/mol. The van der Waals surface area contributed by atoms with Crippen molar-refractivity contribution in [2.24, 2.45) is 0 Å². The first-order chi connectivity index (χ1) is 12.7. The number of nitrogens with one attached hydrogen (secondary N) is 2. The van der Waals surface area contributed by atoms with Crippen LogP contribution in [0, 0.1) is 0 Å². The van der Waals surface area contributed by atoms with Crippen LogP contribution < -0.4 is 10.6 Å². The van der Waals surface area contributed by atoms with Crippen LogP contribution >= 0.6 is 12.2 Å². The summed E-state index contributed by atoms with van der Waals surface area (Å²) < 4.78 is 0. The highest BCUT2D eigenvalue weighted by Crippen LogP contribution is 2.29. The predicted octanol–water partition coefficient (Wildman–Crippen LogP) is 4.40. The van der Waals surface area contributed by atoms with Crippen molar-refractivity contribution in [1.82, 2.24) is 20.5 Å². The van der Waals surface area contributed by atoms with Gasteiger partial charge in [0.15, 0.2) is 5.11 Å². The average Bonchev–Trinajstić information content (AvgIpc) is 2.58. The average molecular weight is 389 g/mol. The largest absolute Gasteiger partial charge is 0.360 e. The van der Waals surface area contributed by atoms with Gasteiger partial charge in [0.05, 0.1) is 12.2 Å². The number of aromatic nitrogens is 1. The van der Waals surface area contributed by atoms with Crippen LogP contribution in [-0.2, 0) is 6.54 Å². The van der Waals surface area contributed by atoms with Crippen molar-refractivity contribution in [3.8, 4) is 0 Å². The molecular formula is C22H36N4S. The molecule has 1 aliphatic carbocycles. The van der Waals surface area contributed by atoms with E-state index < -0.39 is 0 Å². The number of pyridine rings is 1. The Bertz CT molecular complexity index is 606. The van der Waals surface area contributed by atoms with E-state index in [1.54, 1.807) is 0 Å². The van der Waals surface area contributed by atoms with E-state index in [0.29, 0.717) is 12.1 Å². The molecule has 0 unspecified atom stereocenters. The van der Waals surface area contributed by atoms with Gasteiger partial charge in [-0.15, -0.1) is 0 Å². The topological polar surface area (TPSA) is 40.2 Å². The molecule has 2 fully saturated rings. The van der Waals surface area contributed by atoms with Gasteiger partial charge in [0.2, 0.25) is 0 Å². The number of piperidine rings is 1. The summed E-state index contributed by atoms with van der Waals surface area (Å²) in [5, 5.41) is 8.41. The summed E-state index contributed by atoms with van der Waals surface area (Å²) >= 11 is 5.95. The summed E-state index contributed by atoms with van der Waals surface area (Å²) in [6.45, 7) is 9.96. The second kappa shape index (κ2) is 8.44. The highest BCUT2D eigenvalue weighted by atomic mass is 32.1. The zero-order valence-corrected chi connectivity index (χ0v) is 18.2. The monoisotopic (exact) mass is 388 g/mol. The summed E-state index contributed by atoms with van der Waals surface area (Å²) in [6, 6.07) is 7.08. The van der Waals surface area contributed by atoms with Gasteiger partial charge in [0, 0.05) is 29.4 Å². The fraction of sp³-hybridized carbons (Fsp3) is 0.727. The van der Waals surface area contributed by atoms with Crippen molar-refractivity contribution in [3.05, 3.63) is 30.1 Å². The molecule has 2 aliphatic rings. The molecule has 2 heterocycles. The number of thiocarbonyl (C=S) groups is 1. The van der Waals surface area contributed by atoms with Crippen LogP contribution in [0.3, 0.4) is 0 Å². The molecule has 5 heteroatoms. The Morgan fingerprint density at radius 3 is 2.41 bits per heavy atom. The highest BCUT2D eigenvalue weighted by Gasteiger charge is 2.38. The minimum atomic E-state index is 0.117. The smallest absolute Gasteiger partial charge is 0.169 e. The third kappa shape index (κ3) is 5.89. The van der Waals surface area contributed by atoms with E-state index in [2.05, 4.69) is 60.3 Å². The SMILES string of the molecule is CC1(C)CC(NC(=S)N(Cc2ccccn2)C2CCCCC2)CC(C)(C)N1. The van der Waals surface area contributed by atoms with E-state index in [0.717, 1.165) is 30.2 Å². The summed E-state index contributed by atoms with van der Waals surface area (Å²) in [6.07, 6.45) is 10.5. The van der Waals surface area contributed by atoms with Gasteiger partial charge in [-0.05, 0) is 77.7 Å². The summed E-state index contributed by atoms with van der Waals surface area (Å²) in [5.74, 6) is 0. The van der Waals surface area contributed by atoms with Crippen molar-refractivity contribution < 1.29 is 0 Å². The molecule has 1 saturated heterocycles. The number of nitrogens with zero attached hydrogens (tertiary/aromatic N) is 2. The Kier molecular flexibility index (Phi) is 6.42. The lowest BCUT2D eigenvalue weighted by atomic mass is 9.79. The van der Waals surface area contributed by atoms with Crippen molar-refractivity contribution in [1.29, 1.82) is 0 Å². The fourth-order valence-corrected chi connectivity index (χ4v) is 5.49. The normalized spacial score (nSPS) is 23.0. The van der Waals surface area contributed by atoms with Crippen LogP contribution in [0.5, 0.6) is 0 Å². The van der Waals surface area contributed by atoms with E-state index >= 15 is 0 Å². The second-order valence-corrected chi connectivity index (χ2v) is 10.1. The van der Waals surface area contributed by atoms with E-state index in [4.69, 9.17) is 12.2 Å². The van der Waals surface area contributed by atoms with Crippen molar-refractivity contribution in [3.63, 3.8) is 0 Å². The molecule has 0 spiro atoms. The molecule has 2 N–H and O–H groups in total. The lowest BCUT2D eigenvalue weighted by Crippen LogP contribution is -2.63. The van der Waals surface area contributed by atoms with Crippen LogP contribution in [0.1, 0.15) is 78.3 Å². The third-order valence-electron chi connectivity index (χ3n) is 5.85. The maximum absolute atomic E-state index is 5.95. The molecule has 0 radical (unpaired) electrons. The first kappa shape index (κ1) is 20.5. The number of hydrogen-bond acceptors (Lipinski definition) is 3. The molecule has 0 bridgehead atoms. The lowest BCUT2D eigenvalue weighted by Gasteiger charge is -2.47. The summed E-state index contributed by atoms with van der Waals surface area (Å²) in [5.41, 5.74) is 1.33. The molecule has 1 aromatic heterocycles. The van der Waals surface area contributed by atoms with Crippen molar-refractivity contribution in [2.45, 2.75) is 102 Å². The van der Waals surface area contributed by atoms with Gasteiger partial charge >= 0.3 is 0 Å². The summed E-state index contributed by atoms with van der Waals surface area (Å²) in [7, 11) is 0. The lowest BCUT2D eigenvalue weighted by molar-refractivity contribution is 0.151. The number of hydrogen-bond donors (Lipinski definition) is 2. The van der Waals surface area contributed by atoms with Gasteiger partial charge in [0.25, 0.3) is 0 Å². The van der Waals surface area contributed by atoms with Gasteiger partial charge in [-0.25, -0.2) is 0 Å². The second-order valence-electron chi connectivity index (χ2n) is 9.69. The van der Waals surface area contributed by atoms with Gasteiger partial charge in [-0.3, -0.25) is 4.98 Å². The maximum atomic E-state index is 5.95. The Morgan fingerprint density at radius 2 is 1.81 bits per heavy atom. The van der Waals surface area contributed by atoms with Gasteiger partial charge in [0.1, 0.15) is 0 Å². The maximum Gasteiger partial charge on any atom is 0.169 e. The van der Waals surface area contributed by atoms with Gasteiger partial charge in [-0.1, -0.05) is 25.3 Å². The molecule has 27 heavy (non-hydrogen) atoms. The van der Waals surface area contributed by atoms with E-state index in [-0.39, 0.29) is 11.1 Å². The first-order valence-corrected chi connectivity index (χ1v) is 10.9. The molecule has 3 rings (SSSR count). The number of rotatable bonds is 4. The minimum Gasteiger partial charge on any atom is -0.360 e. The molecule has 4 nitrogen and oxygen atoms in total. The van der Waals surface area contributed by atoms with Crippen LogP contribution in [0.15, 0.2) is 24.4 Å². The van der Waals surface area contributed by atoms with Gasteiger partial charge < -0.3 is 15.5 Å². The Balaban J connectivity index is 1.72. The van der Waals surface area contributed by atoms with E-state index in [1.165, 1.54) is 32.1 Å². The molecule has 0 amide bonds. The molecule has 150 valence electrons. The Morgan fingerprint density at radius 1 is 1.15 bits per heavy atom. The van der Waals surface area contributed by atoms with Crippen molar-refractivity contribution in [2.75, 3.05) is 0 Å². The first-order valence-electron chi connectivity index (χ1n) is 10.5. The Labute approximate surface area is 170 Å². The zero-order valence-electron chi connectivity index (χ0n) is 17.4.